The summed E-state index contributed by atoms with van der Waals surface area (Å²) in [6.07, 6.45) is 0.996. The van der Waals surface area contributed by atoms with Crippen LogP contribution in [0.4, 0.5) is 0 Å². The Balaban J connectivity index is 0.00000529. The first-order chi connectivity index (χ1) is 11.2. The third-order valence-corrected chi connectivity index (χ3v) is 3.59. The molecule has 1 atom stereocenters. The van der Waals surface area contributed by atoms with Gasteiger partial charge in [-0.15, -0.1) is 24.0 Å². The fourth-order valence-electron chi connectivity index (χ4n) is 2.22. The third kappa shape index (κ3) is 10.1. The SMILES string of the molecule is CCNC(=NCC(Cc1ccccc1)N(C)C)NCCOCC.I. The van der Waals surface area contributed by atoms with Crippen molar-refractivity contribution in [3.8, 4) is 0 Å². The van der Waals surface area contributed by atoms with E-state index in [9.17, 15) is 0 Å². The lowest BCUT2D eigenvalue weighted by atomic mass is 10.1. The number of rotatable bonds is 10. The zero-order valence-corrected chi connectivity index (χ0v) is 17.7. The summed E-state index contributed by atoms with van der Waals surface area (Å²) in [5.41, 5.74) is 1.34. The van der Waals surface area contributed by atoms with E-state index in [-0.39, 0.29) is 24.0 Å². The molecule has 0 aliphatic rings. The van der Waals surface area contributed by atoms with Gasteiger partial charge in [0.05, 0.1) is 13.2 Å². The molecule has 1 rings (SSSR count). The van der Waals surface area contributed by atoms with Crippen LogP contribution in [-0.2, 0) is 11.2 Å². The Hall–Kier alpha value is -0.860. The molecule has 0 aliphatic heterocycles. The van der Waals surface area contributed by atoms with Crippen LogP contribution in [0.5, 0.6) is 0 Å². The van der Waals surface area contributed by atoms with Gasteiger partial charge in [-0.25, -0.2) is 0 Å². The summed E-state index contributed by atoms with van der Waals surface area (Å²) in [6.45, 7) is 7.90. The number of nitrogens with one attached hydrogen (secondary N) is 2. The summed E-state index contributed by atoms with van der Waals surface area (Å²) >= 11 is 0. The van der Waals surface area contributed by atoms with E-state index in [1.54, 1.807) is 0 Å². The third-order valence-electron chi connectivity index (χ3n) is 3.59. The van der Waals surface area contributed by atoms with E-state index in [2.05, 4.69) is 66.9 Å². The number of hydrogen-bond donors (Lipinski definition) is 2. The van der Waals surface area contributed by atoms with Crippen LogP contribution in [0.15, 0.2) is 35.3 Å². The molecule has 2 N–H and O–H groups in total. The largest absolute Gasteiger partial charge is 0.380 e. The average molecular weight is 448 g/mol. The highest BCUT2D eigenvalue weighted by Crippen LogP contribution is 2.07. The van der Waals surface area contributed by atoms with Gasteiger partial charge < -0.3 is 20.3 Å². The zero-order valence-electron chi connectivity index (χ0n) is 15.4. The van der Waals surface area contributed by atoms with E-state index < -0.39 is 0 Å². The summed E-state index contributed by atoms with van der Waals surface area (Å²) in [5.74, 6) is 0.854. The lowest BCUT2D eigenvalue weighted by Crippen LogP contribution is -2.41. The molecule has 0 spiro atoms. The predicted molar refractivity (Wildman–Crippen MR) is 114 cm³/mol. The maximum atomic E-state index is 5.35. The molecule has 1 unspecified atom stereocenters. The van der Waals surface area contributed by atoms with Gasteiger partial charge in [-0.2, -0.15) is 0 Å². The Bertz CT molecular complexity index is 440. The molecule has 0 saturated carbocycles. The second-order valence-corrected chi connectivity index (χ2v) is 5.65. The van der Waals surface area contributed by atoms with Crippen molar-refractivity contribution in [1.82, 2.24) is 15.5 Å². The monoisotopic (exact) mass is 448 g/mol. The Kier molecular flexibility index (Phi) is 14.0. The average Bonchev–Trinajstić information content (AvgIpc) is 2.55. The zero-order chi connectivity index (χ0) is 16.9. The molecule has 0 radical (unpaired) electrons. The number of hydrogen-bond acceptors (Lipinski definition) is 3. The fourth-order valence-corrected chi connectivity index (χ4v) is 2.22. The van der Waals surface area contributed by atoms with Crippen molar-refractivity contribution in [2.24, 2.45) is 4.99 Å². The first-order valence-electron chi connectivity index (χ1n) is 8.47. The molecule has 0 aromatic heterocycles. The molecule has 6 heteroatoms. The number of halogens is 1. The first-order valence-corrected chi connectivity index (χ1v) is 8.47. The highest BCUT2D eigenvalue weighted by molar-refractivity contribution is 14.0. The topological polar surface area (TPSA) is 48.9 Å². The minimum atomic E-state index is 0. The molecule has 24 heavy (non-hydrogen) atoms. The summed E-state index contributed by atoms with van der Waals surface area (Å²) in [6, 6.07) is 10.9. The van der Waals surface area contributed by atoms with Crippen molar-refractivity contribution in [3.05, 3.63) is 35.9 Å². The molecule has 5 nitrogen and oxygen atoms in total. The quantitative estimate of drug-likeness (QED) is 0.250. The van der Waals surface area contributed by atoms with Gasteiger partial charge in [-0.1, -0.05) is 30.3 Å². The lowest BCUT2D eigenvalue weighted by Gasteiger charge is -2.23. The molecule has 0 fully saturated rings. The minimum absolute atomic E-state index is 0. The van der Waals surface area contributed by atoms with Crippen molar-refractivity contribution in [2.45, 2.75) is 26.3 Å². The molecule has 1 aromatic carbocycles. The number of nitrogens with zero attached hydrogens (tertiary/aromatic N) is 2. The van der Waals surface area contributed by atoms with E-state index in [4.69, 9.17) is 9.73 Å². The molecule has 138 valence electrons. The normalized spacial score (nSPS) is 12.6. The van der Waals surface area contributed by atoms with Gasteiger partial charge in [0.15, 0.2) is 5.96 Å². The number of aliphatic imine (C=N–C) groups is 1. The van der Waals surface area contributed by atoms with E-state index in [1.807, 2.05) is 6.92 Å². The molecule has 1 aromatic rings. The lowest BCUT2D eigenvalue weighted by molar-refractivity contribution is 0.152. The molecular weight excluding hydrogens is 415 g/mol. The highest BCUT2D eigenvalue weighted by Gasteiger charge is 2.12. The minimum Gasteiger partial charge on any atom is -0.380 e. The Morgan fingerprint density at radius 1 is 1.17 bits per heavy atom. The van der Waals surface area contributed by atoms with E-state index >= 15 is 0 Å². The van der Waals surface area contributed by atoms with Gasteiger partial charge in [-0.3, -0.25) is 4.99 Å². The first kappa shape index (κ1) is 23.1. The summed E-state index contributed by atoms with van der Waals surface area (Å²) in [5, 5.41) is 6.59. The Labute approximate surface area is 164 Å². The summed E-state index contributed by atoms with van der Waals surface area (Å²) < 4.78 is 5.35. The van der Waals surface area contributed by atoms with Crippen LogP contribution in [0, 0.1) is 0 Å². The van der Waals surface area contributed by atoms with Crippen LogP contribution in [-0.4, -0.2) is 63.8 Å². The van der Waals surface area contributed by atoms with E-state index in [0.29, 0.717) is 12.6 Å². The molecule has 0 amide bonds. The number of benzene rings is 1. The van der Waals surface area contributed by atoms with Crippen LogP contribution >= 0.6 is 24.0 Å². The Morgan fingerprint density at radius 3 is 2.46 bits per heavy atom. The van der Waals surface area contributed by atoms with Gasteiger partial charge >= 0.3 is 0 Å². The van der Waals surface area contributed by atoms with Crippen LogP contribution in [0.1, 0.15) is 19.4 Å². The second kappa shape index (κ2) is 14.5. The molecule has 0 saturated heterocycles. The Morgan fingerprint density at radius 2 is 1.88 bits per heavy atom. The van der Waals surface area contributed by atoms with Crippen molar-refractivity contribution >= 4 is 29.9 Å². The maximum Gasteiger partial charge on any atom is 0.191 e. The van der Waals surface area contributed by atoms with Gasteiger partial charge in [0.25, 0.3) is 0 Å². The standard InChI is InChI=1S/C18H32N4O.HI/c1-5-19-18(20-12-13-23-6-2)21-15-17(22(3)4)14-16-10-8-7-9-11-16;/h7-11,17H,5-6,12-15H2,1-4H3,(H2,19,20,21);1H. The molecule has 0 heterocycles. The number of guanidine groups is 1. The van der Waals surface area contributed by atoms with Crippen molar-refractivity contribution in [3.63, 3.8) is 0 Å². The van der Waals surface area contributed by atoms with Crippen LogP contribution in [0.2, 0.25) is 0 Å². The smallest absolute Gasteiger partial charge is 0.191 e. The maximum absolute atomic E-state index is 5.35. The van der Waals surface area contributed by atoms with Gasteiger partial charge in [0, 0.05) is 25.7 Å². The van der Waals surface area contributed by atoms with Crippen molar-refractivity contribution in [2.75, 3.05) is 46.9 Å². The van der Waals surface area contributed by atoms with Crippen molar-refractivity contribution in [1.29, 1.82) is 0 Å². The summed E-state index contributed by atoms with van der Waals surface area (Å²) in [4.78, 5) is 6.96. The molecule has 0 bridgehead atoms. The fraction of sp³-hybridized carbons (Fsp3) is 0.611. The van der Waals surface area contributed by atoms with Gasteiger partial charge in [0.2, 0.25) is 0 Å². The molecular formula is C18H33IN4O. The van der Waals surface area contributed by atoms with Gasteiger partial charge in [-0.05, 0) is 39.9 Å². The van der Waals surface area contributed by atoms with Crippen LogP contribution < -0.4 is 10.6 Å². The van der Waals surface area contributed by atoms with E-state index in [1.165, 1.54) is 5.56 Å². The van der Waals surface area contributed by atoms with Crippen LogP contribution in [0.3, 0.4) is 0 Å². The van der Waals surface area contributed by atoms with Crippen LogP contribution in [0.25, 0.3) is 0 Å². The van der Waals surface area contributed by atoms with Gasteiger partial charge in [0.1, 0.15) is 0 Å². The highest BCUT2D eigenvalue weighted by atomic mass is 127. The second-order valence-electron chi connectivity index (χ2n) is 5.65. The number of ether oxygens (including phenoxy) is 1. The molecule has 0 aliphatic carbocycles. The van der Waals surface area contributed by atoms with E-state index in [0.717, 1.165) is 38.6 Å². The number of likely N-dealkylation sites (N-methyl/N-ethyl adjacent to an activating group) is 1. The summed E-state index contributed by atoms with van der Waals surface area (Å²) in [7, 11) is 4.22. The van der Waals surface area contributed by atoms with Crippen molar-refractivity contribution < 1.29 is 4.74 Å². The predicted octanol–water partition coefficient (Wildman–Crippen LogP) is 2.37.